The lowest BCUT2D eigenvalue weighted by Gasteiger charge is -2.43. The van der Waals surface area contributed by atoms with Gasteiger partial charge in [-0.25, -0.2) is 0 Å². The summed E-state index contributed by atoms with van der Waals surface area (Å²) in [6.07, 6.45) is 0.843. The van der Waals surface area contributed by atoms with E-state index in [0.717, 1.165) is 37.5 Å². The molecule has 1 aromatic carbocycles. The zero-order valence-corrected chi connectivity index (χ0v) is 9.83. The van der Waals surface area contributed by atoms with E-state index in [0.29, 0.717) is 6.61 Å². The second-order valence-electron chi connectivity index (χ2n) is 4.31. The molecule has 16 heavy (non-hydrogen) atoms. The molecule has 1 atom stereocenters. The van der Waals surface area contributed by atoms with Crippen LogP contribution in [0.5, 0.6) is 5.75 Å². The van der Waals surface area contributed by atoms with Gasteiger partial charge in [0, 0.05) is 26.1 Å². The molecule has 0 aliphatic carbocycles. The van der Waals surface area contributed by atoms with Crippen molar-refractivity contribution in [3.8, 4) is 5.75 Å². The van der Waals surface area contributed by atoms with Gasteiger partial charge >= 0.3 is 0 Å². The Bertz CT molecular complexity index is 398. The number of halogens is 1. The van der Waals surface area contributed by atoms with E-state index in [-0.39, 0.29) is 5.00 Å². The number of piperazine rings is 1. The number of nitrogens with one attached hydrogen (secondary N) is 1. The predicted octanol–water partition coefficient (Wildman–Crippen LogP) is 1.81. The number of nitrogens with zero attached hydrogens (tertiary/aromatic N) is 1. The first-order valence-corrected chi connectivity index (χ1v) is 6.06. The van der Waals surface area contributed by atoms with E-state index in [1.165, 1.54) is 0 Å². The van der Waals surface area contributed by atoms with Gasteiger partial charge in [-0.05, 0) is 12.1 Å². The van der Waals surface area contributed by atoms with Crippen LogP contribution in [0.15, 0.2) is 24.3 Å². The highest BCUT2D eigenvalue weighted by Gasteiger charge is 2.39. The molecule has 0 radical (unpaired) electrons. The lowest BCUT2D eigenvalue weighted by molar-refractivity contribution is 0.292. The normalized spacial score (nSPS) is 28.7. The number of benzene rings is 1. The van der Waals surface area contributed by atoms with Crippen LogP contribution in [0.1, 0.15) is 6.42 Å². The van der Waals surface area contributed by atoms with E-state index in [4.69, 9.17) is 16.3 Å². The van der Waals surface area contributed by atoms with Crippen LogP contribution >= 0.6 is 11.6 Å². The van der Waals surface area contributed by atoms with Gasteiger partial charge in [-0.15, -0.1) is 0 Å². The smallest absolute Gasteiger partial charge is 0.142 e. The van der Waals surface area contributed by atoms with Crippen molar-refractivity contribution in [2.24, 2.45) is 0 Å². The minimum Gasteiger partial charge on any atom is -0.491 e. The monoisotopic (exact) mass is 238 g/mol. The van der Waals surface area contributed by atoms with Crippen molar-refractivity contribution in [1.82, 2.24) is 5.32 Å². The molecule has 1 fully saturated rings. The summed E-state index contributed by atoms with van der Waals surface area (Å²) in [6.45, 7) is 3.40. The van der Waals surface area contributed by atoms with E-state index >= 15 is 0 Å². The van der Waals surface area contributed by atoms with Crippen molar-refractivity contribution in [3.63, 3.8) is 0 Å². The minimum atomic E-state index is -0.329. The Labute approximate surface area is 100 Å². The standard InChI is InChI=1S/C12H15ClN2O/c13-12-5-8-16-11-4-2-1-3-10(11)15(12)7-6-14-9-12/h1-4,14H,5-9H2. The Hall–Kier alpha value is -0.930. The Balaban J connectivity index is 2.06. The molecule has 2 aliphatic heterocycles. The summed E-state index contributed by atoms with van der Waals surface area (Å²) in [5.41, 5.74) is 1.12. The largest absolute Gasteiger partial charge is 0.491 e. The van der Waals surface area contributed by atoms with Crippen molar-refractivity contribution in [2.45, 2.75) is 11.4 Å². The molecule has 0 amide bonds. The van der Waals surface area contributed by atoms with Crippen LogP contribution in [0.2, 0.25) is 0 Å². The maximum Gasteiger partial charge on any atom is 0.142 e. The predicted molar refractivity (Wildman–Crippen MR) is 65.4 cm³/mol. The van der Waals surface area contributed by atoms with Crippen LogP contribution in [0.25, 0.3) is 0 Å². The van der Waals surface area contributed by atoms with Gasteiger partial charge in [0.25, 0.3) is 0 Å². The molecule has 0 spiro atoms. The van der Waals surface area contributed by atoms with Gasteiger partial charge in [-0.3, -0.25) is 0 Å². The molecular weight excluding hydrogens is 224 g/mol. The van der Waals surface area contributed by atoms with Gasteiger partial charge in [0.15, 0.2) is 0 Å². The molecule has 1 saturated heterocycles. The first-order chi connectivity index (χ1) is 7.80. The van der Waals surface area contributed by atoms with Crippen molar-refractivity contribution >= 4 is 17.3 Å². The summed E-state index contributed by atoms with van der Waals surface area (Å²) in [7, 11) is 0. The summed E-state index contributed by atoms with van der Waals surface area (Å²) in [5.74, 6) is 0.951. The van der Waals surface area contributed by atoms with Gasteiger partial charge in [-0.2, -0.15) is 0 Å². The van der Waals surface area contributed by atoms with Crippen molar-refractivity contribution in [1.29, 1.82) is 0 Å². The highest BCUT2D eigenvalue weighted by atomic mass is 35.5. The third-order valence-corrected chi connectivity index (χ3v) is 3.82. The summed E-state index contributed by atoms with van der Waals surface area (Å²) in [4.78, 5) is 1.94. The number of rotatable bonds is 0. The molecule has 2 heterocycles. The van der Waals surface area contributed by atoms with Gasteiger partial charge in [0.1, 0.15) is 10.7 Å². The number of alkyl halides is 1. The molecule has 0 aromatic heterocycles. The molecule has 1 N–H and O–H groups in total. The van der Waals surface area contributed by atoms with Gasteiger partial charge < -0.3 is 15.0 Å². The quantitative estimate of drug-likeness (QED) is 0.551. The number of hydrogen-bond donors (Lipinski definition) is 1. The van der Waals surface area contributed by atoms with Crippen LogP contribution < -0.4 is 15.0 Å². The fourth-order valence-corrected chi connectivity index (χ4v) is 2.79. The zero-order valence-electron chi connectivity index (χ0n) is 9.08. The van der Waals surface area contributed by atoms with Gasteiger partial charge in [0.2, 0.25) is 0 Å². The zero-order chi connectivity index (χ0) is 11.0. The van der Waals surface area contributed by atoms with Crippen LogP contribution in [-0.2, 0) is 0 Å². The molecule has 3 rings (SSSR count). The third kappa shape index (κ3) is 1.55. The molecule has 1 aromatic rings. The van der Waals surface area contributed by atoms with Crippen LogP contribution in [0.3, 0.4) is 0 Å². The summed E-state index contributed by atoms with van der Waals surface area (Å²) >= 11 is 6.69. The molecule has 0 saturated carbocycles. The fourth-order valence-electron chi connectivity index (χ4n) is 2.45. The van der Waals surface area contributed by atoms with Crippen molar-refractivity contribution in [3.05, 3.63) is 24.3 Å². The Morgan fingerprint density at radius 2 is 2.25 bits per heavy atom. The summed E-state index contributed by atoms with van der Waals surface area (Å²) < 4.78 is 5.75. The van der Waals surface area contributed by atoms with Crippen LogP contribution in [0, 0.1) is 0 Å². The average Bonchev–Trinajstić information content (AvgIpc) is 2.45. The van der Waals surface area contributed by atoms with Crippen molar-refractivity contribution < 1.29 is 4.74 Å². The third-order valence-electron chi connectivity index (χ3n) is 3.29. The molecule has 1 unspecified atom stereocenters. The molecule has 4 heteroatoms. The number of para-hydroxylation sites is 2. The molecule has 2 aliphatic rings. The molecule has 0 bridgehead atoms. The lowest BCUT2D eigenvalue weighted by atomic mass is 10.1. The molecule has 86 valence electrons. The SMILES string of the molecule is ClC12CCOc3ccccc3N1CCNC2. The summed E-state index contributed by atoms with van der Waals surface area (Å²) in [6, 6.07) is 8.14. The molecule has 3 nitrogen and oxygen atoms in total. The first-order valence-electron chi connectivity index (χ1n) is 5.69. The average molecular weight is 239 g/mol. The number of ether oxygens (including phenoxy) is 1. The Kier molecular flexibility index (Phi) is 2.45. The Morgan fingerprint density at radius 1 is 1.38 bits per heavy atom. The van der Waals surface area contributed by atoms with E-state index in [1.807, 2.05) is 18.2 Å². The van der Waals surface area contributed by atoms with Crippen LogP contribution in [-0.4, -0.2) is 31.2 Å². The van der Waals surface area contributed by atoms with E-state index in [1.54, 1.807) is 0 Å². The molecular formula is C12H15ClN2O. The first kappa shape index (κ1) is 10.2. The van der Waals surface area contributed by atoms with E-state index in [9.17, 15) is 0 Å². The highest BCUT2D eigenvalue weighted by molar-refractivity contribution is 6.25. The Morgan fingerprint density at radius 3 is 3.19 bits per heavy atom. The number of hydrogen-bond acceptors (Lipinski definition) is 3. The van der Waals surface area contributed by atoms with Gasteiger partial charge in [0.05, 0.1) is 12.3 Å². The maximum atomic E-state index is 6.69. The second-order valence-corrected chi connectivity index (χ2v) is 5.02. The maximum absolute atomic E-state index is 6.69. The van der Waals surface area contributed by atoms with E-state index < -0.39 is 0 Å². The minimum absolute atomic E-state index is 0.329. The van der Waals surface area contributed by atoms with Crippen molar-refractivity contribution in [2.75, 3.05) is 31.1 Å². The number of anilines is 1. The second kappa shape index (κ2) is 3.82. The van der Waals surface area contributed by atoms with Gasteiger partial charge in [-0.1, -0.05) is 23.7 Å². The fraction of sp³-hybridized carbons (Fsp3) is 0.500. The summed E-state index contributed by atoms with van der Waals surface area (Å²) in [5, 5.41) is 3.35. The topological polar surface area (TPSA) is 24.5 Å². The highest BCUT2D eigenvalue weighted by Crippen LogP contribution is 2.40. The number of fused-ring (bicyclic) bond motifs is 3. The van der Waals surface area contributed by atoms with Crippen LogP contribution in [0.4, 0.5) is 5.69 Å². The lowest BCUT2D eigenvalue weighted by Crippen LogP contribution is -2.58. The van der Waals surface area contributed by atoms with E-state index in [2.05, 4.69) is 16.3 Å².